The zero-order valence-corrected chi connectivity index (χ0v) is 13.1. The van der Waals surface area contributed by atoms with Crippen LogP contribution >= 0.6 is 0 Å². The molecule has 2 unspecified atom stereocenters. The second-order valence-corrected chi connectivity index (χ2v) is 7.49. The van der Waals surface area contributed by atoms with Gasteiger partial charge >= 0.3 is 5.97 Å². The van der Waals surface area contributed by atoms with Crippen molar-refractivity contribution < 1.29 is 18.3 Å². The average molecular weight is 311 g/mol. The molecule has 1 fully saturated rings. The molecule has 2 rings (SSSR count). The van der Waals surface area contributed by atoms with Crippen LogP contribution in [0.3, 0.4) is 0 Å². The maximum atomic E-state index is 12.4. The fraction of sp³-hybridized carbons (Fsp3) is 0.533. The molecule has 5 nitrogen and oxygen atoms in total. The van der Waals surface area contributed by atoms with Gasteiger partial charge in [-0.3, -0.25) is 0 Å². The van der Waals surface area contributed by atoms with Crippen LogP contribution < -0.4 is 4.72 Å². The number of carbonyl (C=O) groups is 1. The maximum absolute atomic E-state index is 12.4. The van der Waals surface area contributed by atoms with Crippen LogP contribution in [-0.2, 0) is 10.0 Å². The lowest BCUT2D eigenvalue weighted by atomic mass is 9.99. The van der Waals surface area contributed by atoms with Crippen molar-refractivity contribution in [3.8, 4) is 0 Å². The number of sulfonamides is 1. The van der Waals surface area contributed by atoms with Crippen molar-refractivity contribution in [3.05, 3.63) is 29.3 Å². The van der Waals surface area contributed by atoms with Crippen LogP contribution in [0.2, 0.25) is 0 Å². The highest BCUT2D eigenvalue weighted by molar-refractivity contribution is 7.89. The molecule has 0 radical (unpaired) electrons. The molecule has 21 heavy (non-hydrogen) atoms. The summed E-state index contributed by atoms with van der Waals surface area (Å²) >= 11 is 0. The van der Waals surface area contributed by atoms with Gasteiger partial charge in [0.2, 0.25) is 10.0 Å². The number of hydrogen-bond donors (Lipinski definition) is 2. The molecule has 1 aliphatic carbocycles. The molecule has 116 valence electrons. The summed E-state index contributed by atoms with van der Waals surface area (Å²) in [5, 5.41) is 9.08. The number of hydrogen-bond acceptors (Lipinski definition) is 3. The van der Waals surface area contributed by atoms with Crippen molar-refractivity contribution in [1.82, 2.24) is 4.72 Å². The molecular weight excluding hydrogens is 290 g/mol. The Morgan fingerprint density at radius 2 is 2.10 bits per heavy atom. The van der Waals surface area contributed by atoms with Crippen molar-refractivity contribution >= 4 is 16.0 Å². The van der Waals surface area contributed by atoms with E-state index in [-0.39, 0.29) is 16.0 Å². The van der Waals surface area contributed by atoms with Gasteiger partial charge in [-0.1, -0.05) is 25.8 Å². The first-order chi connectivity index (χ1) is 9.83. The molecule has 0 spiro atoms. The first-order valence-electron chi connectivity index (χ1n) is 7.15. The van der Waals surface area contributed by atoms with Crippen molar-refractivity contribution in [2.75, 3.05) is 6.54 Å². The van der Waals surface area contributed by atoms with Crippen molar-refractivity contribution in [1.29, 1.82) is 0 Å². The van der Waals surface area contributed by atoms with Gasteiger partial charge in [-0.15, -0.1) is 0 Å². The monoisotopic (exact) mass is 311 g/mol. The third kappa shape index (κ3) is 3.44. The Balaban J connectivity index is 2.20. The minimum Gasteiger partial charge on any atom is -0.478 e. The first kappa shape index (κ1) is 16.0. The van der Waals surface area contributed by atoms with Gasteiger partial charge in [-0.25, -0.2) is 17.9 Å². The van der Waals surface area contributed by atoms with Crippen LogP contribution in [0.25, 0.3) is 0 Å². The molecular formula is C15H21NO4S. The van der Waals surface area contributed by atoms with Crippen LogP contribution in [0, 0.1) is 18.8 Å². The number of nitrogens with one attached hydrogen (secondary N) is 1. The SMILES string of the molecule is Cc1c(C(=O)O)cccc1S(=O)(=O)NCC1CCCC1C. The summed E-state index contributed by atoms with van der Waals surface area (Å²) in [6.45, 7) is 4.08. The second kappa shape index (κ2) is 6.15. The van der Waals surface area contributed by atoms with E-state index in [2.05, 4.69) is 11.6 Å². The molecule has 1 aromatic carbocycles. The molecule has 6 heteroatoms. The van der Waals surface area contributed by atoms with Crippen LogP contribution in [0.4, 0.5) is 0 Å². The van der Waals surface area contributed by atoms with Gasteiger partial charge < -0.3 is 5.11 Å². The molecule has 0 aliphatic heterocycles. The lowest BCUT2D eigenvalue weighted by Crippen LogP contribution is -2.31. The molecule has 2 atom stereocenters. The molecule has 1 saturated carbocycles. The Labute approximate surface area is 125 Å². The van der Waals surface area contributed by atoms with Crippen LogP contribution in [0.15, 0.2) is 23.1 Å². The maximum Gasteiger partial charge on any atom is 0.335 e. The fourth-order valence-corrected chi connectivity index (χ4v) is 4.32. The lowest BCUT2D eigenvalue weighted by molar-refractivity contribution is 0.0696. The van der Waals surface area contributed by atoms with E-state index < -0.39 is 16.0 Å². The molecule has 0 saturated heterocycles. The zero-order valence-electron chi connectivity index (χ0n) is 12.3. The summed E-state index contributed by atoms with van der Waals surface area (Å²) in [7, 11) is -3.67. The number of carboxylic acids is 1. The highest BCUT2D eigenvalue weighted by atomic mass is 32.2. The Hall–Kier alpha value is -1.40. The normalized spacial score (nSPS) is 22.4. The number of aromatic carboxylic acids is 1. The Kier molecular flexibility index (Phi) is 4.68. The van der Waals surface area contributed by atoms with E-state index in [1.807, 2.05) is 0 Å². The predicted octanol–water partition coefficient (Wildman–Crippen LogP) is 2.41. The van der Waals surface area contributed by atoms with E-state index in [9.17, 15) is 13.2 Å². The Bertz CT molecular complexity index is 639. The molecule has 0 heterocycles. The van der Waals surface area contributed by atoms with Crippen molar-refractivity contribution in [3.63, 3.8) is 0 Å². The Morgan fingerprint density at radius 1 is 1.38 bits per heavy atom. The molecule has 1 aliphatic rings. The minimum atomic E-state index is -3.67. The highest BCUT2D eigenvalue weighted by Crippen LogP contribution is 2.31. The van der Waals surface area contributed by atoms with Gasteiger partial charge in [0.25, 0.3) is 0 Å². The molecule has 0 aromatic heterocycles. The number of benzene rings is 1. The van der Waals surface area contributed by atoms with E-state index in [4.69, 9.17) is 5.11 Å². The van der Waals surface area contributed by atoms with Gasteiger partial charge in [0.1, 0.15) is 0 Å². The summed E-state index contributed by atoms with van der Waals surface area (Å²) in [5.41, 5.74) is 0.295. The minimum absolute atomic E-state index is 0.0205. The van der Waals surface area contributed by atoms with E-state index in [1.165, 1.54) is 25.1 Å². The van der Waals surface area contributed by atoms with Gasteiger partial charge in [-0.05, 0) is 42.9 Å². The van der Waals surface area contributed by atoms with Crippen LogP contribution in [0.1, 0.15) is 42.1 Å². The molecule has 2 N–H and O–H groups in total. The Morgan fingerprint density at radius 3 is 2.67 bits per heavy atom. The largest absolute Gasteiger partial charge is 0.478 e. The van der Waals surface area contributed by atoms with Gasteiger partial charge in [-0.2, -0.15) is 0 Å². The molecule has 0 bridgehead atoms. The third-order valence-corrected chi connectivity index (χ3v) is 5.95. The van der Waals surface area contributed by atoms with Gasteiger partial charge in [0.15, 0.2) is 0 Å². The van der Waals surface area contributed by atoms with Crippen molar-refractivity contribution in [2.45, 2.75) is 38.0 Å². The predicted molar refractivity (Wildman–Crippen MR) is 79.8 cm³/mol. The quantitative estimate of drug-likeness (QED) is 0.874. The topological polar surface area (TPSA) is 83.5 Å². The number of carboxylic acid groups (broad SMARTS) is 1. The summed E-state index contributed by atoms with van der Waals surface area (Å²) in [4.78, 5) is 11.1. The highest BCUT2D eigenvalue weighted by Gasteiger charge is 2.26. The fourth-order valence-electron chi connectivity index (χ4n) is 2.96. The van der Waals surface area contributed by atoms with E-state index in [0.717, 1.165) is 19.3 Å². The van der Waals surface area contributed by atoms with Gasteiger partial charge in [0, 0.05) is 6.54 Å². The summed E-state index contributed by atoms with van der Waals surface area (Å²) in [5.74, 6) is -0.226. The third-order valence-electron chi connectivity index (χ3n) is 4.38. The zero-order chi connectivity index (χ0) is 15.6. The van der Waals surface area contributed by atoms with Gasteiger partial charge in [0.05, 0.1) is 10.5 Å². The van der Waals surface area contributed by atoms with E-state index >= 15 is 0 Å². The molecule has 1 aromatic rings. The smallest absolute Gasteiger partial charge is 0.335 e. The van der Waals surface area contributed by atoms with Crippen LogP contribution in [0.5, 0.6) is 0 Å². The average Bonchev–Trinajstić information content (AvgIpc) is 2.82. The second-order valence-electron chi connectivity index (χ2n) is 5.75. The standard InChI is InChI=1S/C15H21NO4S/c1-10-5-3-6-12(10)9-16-21(19,20)14-8-4-7-13(11(14)2)15(17)18/h4,7-8,10,12,16H,3,5-6,9H2,1-2H3,(H,17,18). The van der Waals surface area contributed by atoms with E-state index in [1.54, 1.807) is 0 Å². The van der Waals surface area contributed by atoms with Crippen LogP contribution in [-0.4, -0.2) is 26.0 Å². The summed E-state index contributed by atoms with van der Waals surface area (Å²) in [6.07, 6.45) is 3.32. The van der Waals surface area contributed by atoms with E-state index in [0.29, 0.717) is 18.4 Å². The summed E-state index contributed by atoms with van der Waals surface area (Å²) in [6, 6.07) is 4.32. The lowest BCUT2D eigenvalue weighted by Gasteiger charge is -2.17. The first-order valence-corrected chi connectivity index (χ1v) is 8.64. The number of rotatable bonds is 5. The molecule has 0 amide bonds. The van der Waals surface area contributed by atoms with Crippen molar-refractivity contribution in [2.24, 2.45) is 11.8 Å². The summed E-state index contributed by atoms with van der Waals surface area (Å²) < 4.78 is 27.4.